The van der Waals surface area contributed by atoms with Gasteiger partial charge in [0.2, 0.25) is 5.89 Å². The highest BCUT2D eigenvalue weighted by Crippen LogP contribution is 2.38. The van der Waals surface area contributed by atoms with Crippen LogP contribution in [0.5, 0.6) is 11.5 Å². The second-order valence-electron chi connectivity index (χ2n) is 7.86. The average Bonchev–Trinajstić information content (AvgIpc) is 3.17. The Labute approximate surface area is 183 Å². The molecule has 1 atom stereocenters. The van der Waals surface area contributed by atoms with Crippen molar-refractivity contribution >= 4 is 0 Å². The van der Waals surface area contributed by atoms with Crippen molar-refractivity contribution in [3.05, 3.63) is 65.5 Å². The number of aromatic nitrogens is 1. The van der Waals surface area contributed by atoms with E-state index in [0.717, 1.165) is 49.5 Å². The van der Waals surface area contributed by atoms with Gasteiger partial charge in [0.1, 0.15) is 5.76 Å². The Morgan fingerprint density at radius 3 is 2.68 bits per heavy atom. The molecule has 0 spiro atoms. The summed E-state index contributed by atoms with van der Waals surface area (Å²) in [5.41, 5.74) is 2.95. The molecule has 0 N–H and O–H groups in total. The van der Waals surface area contributed by atoms with Crippen molar-refractivity contribution in [2.24, 2.45) is 0 Å². The standard InChI is InChI=1S/C25H30N2O4/c1-18-22(26-25(31-18)21-12-7-13-23(28-2)24(21)29-3)16-27-14-8-11-20(15-27)30-17-19-9-5-4-6-10-19/h4-7,9-10,12-13,20H,8,11,14-17H2,1-3H3/t20-/m1/s1. The van der Waals surface area contributed by atoms with Gasteiger partial charge in [0.25, 0.3) is 0 Å². The predicted octanol–water partition coefficient (Wildman–Crippen LogP) is 4.85. The molecule has 1 aromatic heterocycles. The summed E-state index contributed by atoms with van der Waals surface area (Å²) in [6.45, 7) is 5.30. The first-order chi connectivity index (χ1) is 15.2. The number of hydrogen-bond acceptors (Lipinski definition) is 6. The summed E-state index contributed by atoms with van der Waals surface area (Å²) in [4.78, 5) is 7.19. The normalized spacial score (nSPS) is 16.9. The molecular weight excluding hydrogens is 392 g/mol. The number of methoxy groups -OCH3 is 2. The summed E-state index contributed by atoms with van der Waals surface area (Å²) in [6, 6.07) is 16.0. The largest absolute Gasteiger partial charge is 0.493 e. The highest BCUT2D eigenvalue weighted by Gasteiger charge is 2.24. The molecule has 4 rings (SSSR count). The van der Waals surface area contributed by atoms with Crippen LogP contribution in [-0.2, 0) is 17.9 Å². The Kier molecular flexibility index (Phi) is 6.89. The highest BCUT2D eigenvalue weighted by atomic mass is 16.5. The number of piperidine rings is 1. The summed E-state index contributed by atoms with van der Waals surface area (Å²) in [5, 5.41) is 0. The first-order valence-electron chi connectivity index (χ1n) is 10.7. The van der Waals surface area contributed by atoms with E-state index in [2.05, 4.69) is 17.0 Å². The first-order valence-corrected chi connectivity index (χ1v) is 10.7. The molecular formula is C25H30N2O4. The summed E-state index contributed by atoms with van der Waals surface area (Å²) >= 11 is 0. The van der Waals surface area contributed by atoms with Crippen molar-refractivity contribution in [3.8, 4) is 23.0 Å². The summed E-state index contributed by atoms with van der Waals surface area (Å²) < 4.78 is 23.1. The van der Waals surface area contributed by atoms with E-state index in [0.29, 0.717) is 24.0 Å². The van der Waals surface area contributed by atoms with Crippen LogP contribution in [0.2, 0.25) is 0 Å². The van der Waals surface area contributed by atoms with Crippen LogP contribution in [0.25, 0.3) is 11.5 Å². The van der Waals surface area contributed by atoms with E-state index in [1.54, 1.807) is 14.2 Å². The molecule has 0 saturated carbocycles. The van der Waals surface area contributed by atoms with E-state index in [-0.39, 0.29) is 6.10 Å². The van der Waals surface area contributed by atoms with Crippen molar-refractivity contribution in [3.63, 3.8) is 0 Å². The zero-order valence-electron chi connectivity index (χ0n) is 18.5. The molecule has 1 fully saturated rings. The van der Waals surface area contributed by atoms with Gasteiger partial charge in [-0.15, -0.1) is 0 Å². The Morgan fingerprint density at radius 2 is 1.90 bits per heavy atom. The lowest BCUT2D eigenvalue weighted by Gasteiger charge is -2.32. The van der Waals surface area contributed by atoms with Gasteiger partial charge in [-0.1, -0.05) is 36.4 Å². The fourth-order valence-corrected chi connectivity index (χ4v) is 4.04. The van der Waals surface area contributed by atoms with Gasteiger partial charge in [-0.05, 0) is 44.0 Å². The number of para-hydroxylation sites is 1. The maximum Gasteiger partial charge on any atom is 0.230 e. The van der Waals surface area contributed by atoms with Crippen LogP contribution in [0, 0.1) is 6.92 Å². The number of hydrogen-bond donors (Lipinski definition) is 0. The fourth-order valence-electron chi connectivity index (χ4n) is 4.04. The minimum Gasteiger partial charge on any atom is -0.493 e. The summed E-state index contributed by atoms with van der Waals surface area (Å²) in [5.74, 6) is 2.67. The lowest BCUT2D eigenvalue weighted by molar-refractivity contribution is -0.0123. The Hall–Kier alpha value is -2.83. The van der Waals surface area contributed by atoms with Crippen LogP contribution in [0.4, 0.5) is 0 Å². The molecule has 0 bridgehead atoms. The smallest absolute Gasteiger partial charge is 0.230 e. The third kappa shape index (κ3) is 5.09. The van der Waals surface area contributed by atoms with Crippen molar-refractivity contribution in [1.29, 1.82) is 0 Å². The van der Waals surface area contributed by atoms with Gasteiger partial charge in [0.05, 0.1) is 38.2 Å². The summed E-state index contributed by atoms with van der Waals surface area (Å²) in [7, 11) is 3.25. The van der Waals surface area contributed by atoms with E-state index in [4.69, 9.17) is 23.6 Å². The van der Waals surface area contributed by atoms with Crippen LogP contribution in [-0.4, -0.2) is 43.3 Å². The van der Waals surface area contributed by atoms with Gasteiger partial charge in [0.15, 0.2) is 11.5 Å². The van der Waals surface area contributed by atoms with Crippen molar-refractivity contribution in [1.82, 2.24) is 9.88 Å². The average molecular weight is 423 g/mol. The van der Waals surface area contributed by atoms with Gasteiger partial charge in [0, 0.05) is 13.1 Å². The molecule has 6 nitrogen and oxygen atoms in total. The topological polar surface area (TPSA) is 57.0 Å². The van der Waals surface area contributed by atoms with Crippen molar-refractivity contribution < 1.29 is 18.6 Å². The number of rotatable bonds is 8. The van der Waals surface area contributed by atoms with Crippen LogP contribution in [0.1, 0.15) is 29.9 Å². The van der Waals surface area contributed by atoms with Gasteiger partial charge >= 0.3 is 0 Å². The maximum absolute atomic E-state index is 6.18. The molecule has 1 aliphatic heterocycles. The third-order valence-electron chi connectivity index (χ3n) is 5.69. The molecule has 1 aliphatic rings. The van der Waals surface area contributed by atoms with Crippen LogP contribution in [0.3, 0.4) is 0 Å². The fraction of sp³-hybridized carbons (Fsp3) is 0.400. The van der Waals surface area contributed by atoms with E-state index in [9.17, 15) is 0 Å². The third-order valence-corrected chi connectivity index (χ3v) is 5.69. The Balaban J connectivity index is 1.42. The van der Waals surface area contributed by atoms with Gasteiger partial charge in [-0.2, -0.15) is 0 Å². The van der Waals surface area contributed by atoms with E-state index < -0.39 is 0 Å². The number of benzene rings is 2. The van der Waals surface area contributed by atoms with Crippen molar-refractivity contribution in [2.45, 2.75) is 39.0 Å². The van der Waals surface area contributed by atoms with Gasteiger partial charge in [-0.25, -0.2) is 4.98 Å². The second-order valence-corrected chi connectivity index (χ2v) is 7.86. The molecule has 31 heavy (non-hydrogen) atoms. The molecule has 3 aromatic rings. The molecule has 1 saturated heterocycles. The van der Waals surface area contributed by atoms with Gasteiger partial charge < -0.3 is 18.6 Å². The minimum absolute atomic E-state index is 0.235. The number of aryl methyl sites for hydroxylation is 1. The second kappa shape index (κ2) is 9.98. The lowest BCUT2D eigenvalue weighted by atomic mass is 10.1. The number of ether oxygens (including phenoxy) is 3. The molecule has 6 heteroatoms. The lowest BCUT2D eigenvalue weighted by Crippen LogP contribution is -2.39. The van der Waals surface area contributed by atoms with Crippen LogP contribution >= 0.6 is 0 Å². The quantitative estimate of drug-likeness (QED) is 0.517. The first kappa shape index (κ1) is 21.4. The highest BCUT2D eigenvalue weighted by molar-refractivity contribution is 5.68. The predicted molar refractivity (Wildman–Crippen MR) is 119 cm³/mol. The molecule has 164 valence electrons. The number of likely N-dealkylation sites (tertiary alicyclic amines) is 1. The van der Waals surface area contributed by atoms with Crippen molar-refractivity contribution in [2.75, 3.05) is 27.3 Å². The monoisotopic (exact) mass is 422 g/mol. The molecule has 2 heterocycles. The van der Waals surface area contributed by atoms with Crippen LogP contribution in [0.15, 0.2) is 52.9 Å². The van der Waals surface area contributed by atoms with E-state index >= 15 is 0 Å². The molecule has 0 unspecified atom stereocenters. The zero-order chi connectivity index (χ0) is 21.6. The number of oxazole rings is 1. The maximum atomic E-state index is 6.18. The zero-order valence-corrected chi connectivity index (χ0v) is 18.5. The minimum atomic E-state index is 0.235. The van der Waals surface area contributed by atoms with Crippen LogP contribution < -0.4 is 9.47 Å². The molecule has 0 radical (unpaired) electrons. The Morgan fingerprint density at radius 1 is 1.06 bits per heavy atom. The van der Waals surface area contributed by atoms with Gasteiger partial charge in [-0.3, -0.25) is 4.90 Å². The van der Waals surface area contributed by atoms with E-state index in [1.807, 2.05) is 43.3 Å². The SMILES string of the molecule is COc1cccc(-c2nc(CN3CCC[C@@H](OCc4ccccc4)C3)c(C)o2)c1OC. The number of nitrogens with zero attached hydrogens (tertiary/aromatic N) is 2. The molecule has 2 aromatic carbocycles. The van der Waals surface area contributed by atoms with E-state index in [1.165, 1.54) is 5.56 Å². The summed E-state index contributed by atoms with van der Waals surface area (Å²) in [6.07, 6.45) is 2.44. The molecule has 0 amide bonds. The Bertz CT molecular complexity index is 986. The molecule has 0 aliphatic carbocycles.